The first-order valence-electron chi connectivity index (χ1n) is 9.71. The highest BCUT2D eigenvalue weighted by atomic mass is 32.2. The van der Waals surface area contributed by atoms with Gasteiger partial charge >= 0.3 is 17.6 Å². The van der Waals surface area contributed by atoms with Crippen LogP contribution in [0.1, 0.15) is 29.1 Å². The molecule has 4 atom stereocenters. The third-order valence-corrected chi connectivity index (χ3v) is 5.25. The molecule has 1 aliphatic rings. The lowest BCUT2D eigenvalue weighted by Gasteiger charge is -2.23. The van der Waals surface area contributed by atoms with Gasteiger partial charge in [-0.2, -0.15) is 8.42 Å². The van der Waals surface area contributed by atoms with Crippen LogP contribution in [0.5, 0.6) is 0 Å². The number of aromatic amines is 1. The van der Waals surface area contributed by atoms with Gasteiger partial charge in [0.2, 0.25) is 0 Å². The Kier molecular flexibility index (Phi) is 7.15. The molecule has 2 aromatic rings. The first-order chi connectivity index (χ1) is 15.5. The van der Waals surface area contributed by atoms with Crippen LogP contribution in [0.25, 0.3) is 0 Å². The molecule has 2 heterocycles. The zero-order valence-electron chi connectivity index (χ0n) is 17.9. The Morgan fingerprint density at radius 2 is 1.82 bits per heavy atom. The number of carbonyl (C=O) groups excluding carboxylic acids is 2. The maximum absolute atomic E-state index is 12.4. The average molecular weight is 482 g/mol. The van der Waals surface area contributed by atoms with E-state index in [0.29, 0.717) is 0 Å². The quantitative estimate of drug-likeness (QED) is 0.416. The molecule has 1 saturated heterocycles. The molecule has 1 N–H and O–H groups in total. The van der Waals surface area contributed by atoms with Crippen LogP contribution >= 0.6 is 0 Å². The number of H-pyrrole nitrogens is 1. The summed E-state index contributed by atoms with van der Waals surface area (Å²) in [6, 6.07) is 8.03. The number of nitrogens with one attached hydrogen (secondary N) is 1. The van der Waals surface area contributed by atoms with Gasteiger partial charge in [0.25, 0.3) is 15.7 Å². The zero-order valence-corrected chi connectivity index (χ0v) is 18.7. The SMILES string of the molecule is CC(=O)O[C@@H]1[C@@H](OS(C)(=O)=O)[C@@H](COC(=O)c2ccccc2)O[C@H]1n1cc(C)c(=O)[nH]c1=O. The van der Waals surface area contributed by atoms with Gasteiger partial charge in [-0.3, -0.25) is 23.3 Å². The van der Waals surface area contributed by atoms with Crippen molar-refractivity contribution in [2.24, 2.45) is 0 Å². The minimum atomic E-state index is -4.09. The number of esters is 2. The zero-order chi connectivity index (χ0) is 24.3. The minimum absolute atomic E-state index is 0.152. The van der Waals surface area contributed by atoms with Gasteiger partial charge in [-0.05, 0) is 19.1 Å². The molecule has 0 radical (unpaired) electrons. The van der Waals surface area contributed by atoms with Crippen LogP contribution in [-0.2, 0) is 33.3 Å². The molecule has 12 nitrogen and oxygen atoms in total. The predicted octanol–water partition coefficient (Wildman–Crippen LogP) is -0.124. The van der Waals surface area contributed by atoms with Crippen LogP contribution in [-0.4, -0.2) is 61.1 Å². The second-order valence-corrected chi connectivity index (χ2v) is 8.95. The fraction of sp³-hybridized carbons (Fsp3) is 0.400. The highest BCUT2D eigenvalue weighted by Gasteiger charge is 2.51. The first-order valence-corrected chi connectivity index (χ1v) is 11.5. The summed E-state index contributed by atoms with van der Waals surface area (Å²) in [5.74, 6) is -1.51. The number of hydrogen-bond acceptors (Lipinski definition) is 10. The van der Waals surface area contributed by atoms with E-state index in [1.54, 1.807) is 18.2 Å². The highest BCUT2D eigenvalue weighted by Crippen LogP contribution is 2.34. The van der Waals surface area contributed by atoms with Crippen molar-refractivity contribution in [1.29, 1.82) is 0 Å². The fourth-order valence-corrected chi connectivity index (χ4v) is 3.93. The third-order valence-electron chi connectivity index (χ3n) is 4.68. The summed E-state index contributed by atoms with van der Waals surface area (Å²) in [7, 11) is -4.09. The van der Waals surface area contributed by atoms with Crippen LogP contribution < -0.4 is 11.2 Å². The molecule has 0 amide bonds. The minimum Gasteiger partial charge on any atom is -0.459 e. The molecule has 3 rings (SSSR count). The summed E-state index contributed by atoms with van der Waals surface area (Å²) < 4.78 is 46.1. The van der Waals surface area contributed by atoms with Gasteiger partial charge in [0.1, 0.15) is 18.8 Å². The number of carbonyl (C=O) groups is 2. The van der Waals surface area contributed by atoms with Crippen molar-refractivity contribution in [1.82, 2.24) is 9.55 Å². The Bertz CT molecular complexity index is 1250. The Morgan fingerprint density at radius 1 is 1.15 bits per heavy atom. The number of aryl methyl sites for hydroxylation is 1. The molecule has 178 valence electrons. The lowest BCUT2D eigenvalue weighted by atomic mass is 10.1. The van der Waals surface area contributed by atoms with E-state index in [0.717, 1.165) is 17.7 Å². The molecule has 0 spiro atoms. The Morgan fingerprint density at radius 3 is 2.42 bits per heavy atom. The average Bonchev–Trinajstić information content (AvgIpc) is 3.04. The first kappa shape index (κ1) is 24.4. The van der Waals surface area contributed by atoms with Crippen molar-refractivity contribution >= 4 is 22.1 Å². The molecule has 1 aromatic heterocycles. The normalized spacial score (nSPS) is 22.6. The standard InChI is InChI=1S/C20H22N2O10S/c1-11-9-22(20(26)21-17(11)24)18-16(30-12(2)23)15(32-33(3,27)28)14(31-18)10-29-19(25)13-7-5-4-6-8-13/h4-9,14-16,18H,10H2,1-3H3,(H,21,24,26)/t14-,15+,16-,18-/m1/s1. The molecule has 0 aliphatic carbocycles. The molecular formula is C20H22N2O10S. The van der Waals surface area contributed by atoms with E-state index in [9.17, 15) is 27.6 Å². The van der Waals surface area contributed by atoms with Gasteiger partial charge < -0.3 is 14.2 Å². The third kappa shape index (κ3) is 5.94. The number of benzene rings is 1. The van der Waals surface area contributed by atoms with E-state index < -0.39 is 64.5 Å². The highest BCUT2D eigenvalue weighted by molar-refractivity contribution is 7.86. The second-order valence-electron chi connectivity index (χ2n) is 7.35. The molecule has 1 fully saturated rings. The molecule has 0 unspecified atom stereocenters. The lowest BCUT2D eigenvalue weighted by Crippen LogP contribution is -2.42. The molecule has 0 saturated carbocycles. The molecule has 13 heteroatoms. The number of nitrogens with zero attached hydrogens (tertiary/aromatic N) is 1. The largest absolute Gasteiger partial charge is 0.459 e. The van der Waals surface area contributed by atoms with E-state index in [1.165, 1.54) is 25.3 Å². The van der Waals surface area contributed by atoms with E-state index in [1.807, 2.05) is 0 Å². The smallest absolute Gasteiger partial charge is 0.338 e. The molecule has 0 bridgehead atoms. The van der Waals surface area contributed by atoms with Crippen LogP contribution in [0.4, 0.5) is 0 Å². The Balaban J connectivity index is 1.96. The summed E-state index contributed by atoms with van der Waals surface area (Å²) in [5, 5.41) is 0. The van der Waals surface area contributed by atoms with Crippen molar-refractivity contribution in [3.05, 3.63) is 68.5 Å². The van der Waals surface area contributed by atoms with Crippen molar-refractivity contribution < 1.29 is 36.4 Å². The van der Waals surface area contributed by atoms with Crippen molar-refractivity contribution in [2.75, 3.05) is 12.9 Å². The summed E-state index contributed by atoms with van der Waals surface area (Å²) in [6.45, 7) is 2.05. The molecular weight excluding hydrogens is 460 g/mol. The predicted molar refractivity (Wildman–Crippen MR) is 112 cm³/mol. The maximum Gasteiger partial charge on any atom is 0.338 e. The number of ether oxygens (including phenoxy) is 3. The maximum atomic E-state index is 12.4. The Hall–Kier alpha value is -3.29. The van der Waals surface area contributed by atoms with Crippen LogP contribution in [0, 0.1) is 6.92 Å². The van der Waals surface area contributed by atoms with E-state index in [4.69, 9.17) is 18.4 Å². The number of rotatable bonds is 7. The topological polar surface area (TPSA) is 160 Å². The van der Waals surface area contributed by atoms with Gasteiger partial charge in [-0.25, -0.2) is 9.59 Å². The second kappa shape index (κ2) is 9.68. The lowest BCUT2D eigenvalue weighted by molar-refractivity contribution is -0.155. The van der Waals surface area contributed by atoms with Gasteiger partial charge in [-0.1, -0.05) is 18.2 Å². The van der Waals surface area contributed by atoms with Crippen molar-refractivity contribution in [2.45, 2.75) is 38.4 Å². The number of hydrogen-bond donors (Lipinski definition) is 1. The van der Waals surface area contributed by atoms with E-state index in [2.05, 4.69) is 4.98 Å². The summed E-state index contributed by atoms with van der Waals surface area (Å²) in [6.07, 6.45) is -3.51. The van der Waals surface area contributed by atoms with Crippen LogP contribution in [0.2, 0.25) is 0 Å². The Labute approximate surface area is 188 Å². The number of aromatic nitrogens is 2. The summed E-state index contributed by atoms with van der Waals surface area (Å²) in [4.78, 5) is 50.3. The monoisotopic (exact) mass is 482 g/mol. The van der Waals surface area contributed by atoms with Gasteiger partial charge in [0.15, 0.2) is 12.3 Å². The summed E-state index contributed by atoms with van der Waals surface area (Å²) in [5.41, 5.74) is -1.11. The summed E-state index contributed by atoms with van der Waals surface area (Å²) >= 11 is 0. The fourth-order valence-electron chi connectivity index (χ4n) is 3.29. The van der Waals surface area contributed by atoms with Crippen molar-refractivity contribution in [3.8, 4) is 0 Å². The van der Waals surface area contributed by atoms with Gasteiger partial charge in [0.05, 0.1) is 11.8 Å². The van der Waals surface area contributed by atoms with Gasteiger partial charge in [-0.15, -0.1) is 0 Å². The molecule has 33 heavy (non-hydrogen) atoms. The van der Waals surface area contributed by atoms with E-state index in [-0.39, 0.29) is 11.1 Å². The van der Waals surface area contributed by atoms with Gasteiger partial charge in [0, 0.05) is 18.7 Å². The molecule has 1 aliphatic heterocycles. The molecule has 1 aromatic carbocycles. The van der Waals surface area contributed by atoms with Crippen LogP contribution in [0.15, 0.2) is 46.1 Å². The van der Waals surface area contributed by atoms with E-state index >= 15 is 0 Å². The van der Waals surface area contributed by atoms with Crippen LogP contribution in [0.3, 0.4) is 0 Å². The van der Waals surface area contributed by atoms with Crippen molar-refractivity contribution in [3.63, 3.8) is 0 Å².